The average Bonchev–Trinajstić information content (AvgIpc) is 2.28. The predicted octanol–water partition coefficient (Wildman–Crippen LogP) is 3.10. The van der Waals surface area contributed by atoms with Crippen LogP contribution in [0, 0.1) is 0 Å². The molecule has 0 spiro atoms. The number of nitrogens with zero attached hydrogens (tertiary/aromatic N) is 1. The number of carbonyl (C=O) groups excluding carboxylic acids is 1. The van der Waals surface area contributed by atoms with E-state index in [2.05, 4.69) is 42.4 Å². The highest BCUT2D eigenvalue weighted by Crippen LogP contribution is 2.27. The van der Waals surface area contributed by atoms with Gasteiger partial charge in [0.15, 0.2) is 6.61 Å². The molecule has 1 rings (SSSR count). The monoisotopic (exact) mass is 362 g/mol. The summed E-state index contributed by atoms with van der Waals surface area (Å²) >= 11 is 6.68. The zero-order valence-electron chi connectivity index (χ0n) is 9.24. The average molecular weight is 364 g/mol. The van der Waals surface area contributed by atoms with Crippen LogP contribution < -0.4 is 10.2 Å². The number of rotatable bonds is 5. The molecule has 1 N–H and O–H groups in total. The Labute approximate surface area is 117 Å². The van der Waals surface area contributed by atoms with E-state index in [9.17, 15) is 4.79 Å². The molecule has 4 nitrogen and oxygen atoms in total. The Morgan fingerprint density at radius 1 is 1.53 bits per heavy atom. The maximum Gasteiger partial charge on any atom is 0.277 e. The number of nitrogens with one attached hydrogen (secondary N) is 1. The van der Waals surface area contributed by atoms with Crippen molar-refractivity contribution in [1.82, 2.24) is 5.43 Å². The van der Waals surface area contributed by atoms with Gasteiger partial charge in [0.2, 0.25) is 0 Å². The zero-order chi connectivity index (χ0) is 12.7. The molecule has 0 aliphatic heterocycles. The first-order chi connectivity index (χ1) is 8.13. The molecule has 0 heterocycles. The molecule has 0 aliphatic rings. The summed E-state index contributed by atoms with van der Waals surface area (Å²) in [5.41, 5.74) is 2.37. The molecule has 0 saturated carbocycles. The van der Waals surface area contributed by atoms with E-state index in [4.69, 9.17) is 4.74 Å². The van der Waals surface area contributed by atoms with E-state index in [1.807, 2.05) is 19.1 Å². The van der Waals surface area contributed by atoms with Crippen LogP contribution in [0.1, 0.15) is 13.3 Å². The summed E-state index contributed by atoms with van der Waals surface area (Å²) in [4.78, 5) is 11.3. The lowest BCUT2D eigenvalue weighted by molar-refractivity contribution is -0.123. The van der Waals surface area contributed by atoms with Gasteiger partial charge in [0.1, 0.15) is 5.75 Å². The second-order valence-electron chi connectivity index (χ2n) is 3.12. The van der Waals surface area contributed by atoms with E-state index in [1.165, 1.54) is 0 Å². The largest absolute Gasteiger partial charge is 0.483 e. The Hall–Kier alpha value is -0.880. The third-order valence-electron chi connectivity index (χ3n) is 1.72. The second kappa shape index (κ2) is 7.45. The summed E-state index contributed by atoms with van der Waals surface area (Å²) < 4.78 is 7.06. The number of benzene rings is 1. The summed E-state index contributed by atoms with van der Waals surface area (Å²) in [6.07, 6.45) is 2.40. The van der Waals surface area contributed by atoms with Crippen LogP contribution in [0.3, 0.4) is 0 Å². The lowest BCUT2D eigenvalue weighted by atomic mass is 10.3. The van der Waals surface area contributed by atoms with Crippen LogP contribution in [-0.2, 0) is 4.79 Å². The molecule has 6 heteroatoms. The van der Waals surface area contributed by atoms with Crippen LogP contribution in [0.25, 0.3) is 0 Å². The molecule has 1 amide bonds. The Morgan fingerprint density at radius 2 is 2.29 bits per heavy atom. The number of halogens is 2. The maximum atomic E-state index is 11.3. The summed E-state index contributed by atoms with van der Waals surface area (Å²) in [6.45, 7) is 1.87. The Morgan fingerprint density at radius 3 is 2.94 bits per heavy atom. The Bertz CT molecular complexity index is 422. The first-order valence-electron chi connectivity index (χ1n) is 5.01. The van der Waals surface area contributed by atoms with Crippen molar-refractivity contribution in [3.05, 3.63) is 27.1 Å². The van der Waals surface area contributed by atoms with Crippen LogP contribution in [0.2, 0.25) is 0 Å². The van der Waals surface area contributed by atoms with Gasteiger partial charge in [0, 0.05) is 10.7 Å². The number of carbonyl (C=O) groups is 1. The number of hydrazone groups is 1. The van der Waals surface area contributed by atoms with Crippen LogP contribution >= 0.6 is 31.9 Å². The maximum absolute atomic E-state index is 11.3. The summed E-state index contributed by atoms with van der Waals surface area (Å²) in [5.74, 6) is 0.326. The third-order valence-corrected chi connectivity index (χ3v) is 2.83. The van der Waals surface area contributed by atoms with Gasteiger partial charge in [-0.25, -0.2) is 5.43 Å². The van der Waals surface area contributed by atoms with Crippen LogP contribution in [0.4, 0.5) is 0 Å². The van der Waals surface area contributed by atoms with Crippen molar-refractivity contribution in [3.63, 3.8) is 0 Å². The summed E-state index contributed by atoms with van der Waals surface area (Å²) in [7, 11) is 0. The van der Waals surface area contributed by atoms with Gasteiger partial charge in [-0.2, -0.15) is 5.10 Å². The van der Waals surface area contributed by atoms with E-state index in [0.29, 0.717) is 5.75 Å². The smallest absolute Gasteiger partial charge is 0.277 e. The van der Waals surface area contributed by atoms with Gasteiger partial charge in [-0.15, -0.1) is 0 Å². The van der Waals surface area contributed by atoms with Crippen molar-refractivity contribution in [3.8, 4) is 5.75 Å². The highest BCUT2D eigenvalue weighted by molar-refractivity contribution is 9.11. The van der Waals surface area contributed by atoms with Crippen molar-refractivity contribution >= 4 is 44.0 Å². The molecular formula is C11H12Br2N2O2. The minimum absolute atomic E-state index is 0.0682. The van der Waals surface area contributed by atoms with Crippen LogP contribution in [0.15, 0.2) is 32.2 Å². The molecule has 0 unspecified atom stereocenters. The lowest BCUT2D eigenvalue weighted by Gasteiger charge is -2.07. The molecule has 0 atom stereocenters. The van der Waals surface area contributed by atoms with E-state index in [-0.39, 0.29) is 12.5 Å². The molecule has 0 bridgehead atoms. The molecule has 0 radical (unpaired) electrons. The van der Waals surface area contributed by atoms with E-state index in [1.54, 1.807) is 12.3 Å². The third kappa shape index (κ3) is 5.32. The normalized spacial score (nSPS) is 10.5. The fraction of sp³-hybridized carbons (Fsp3) is 0.273. The second-order valence-corrected chi connectivity index (χ2v) is 4.89. The Balaban J connectivity index is 2.44. The van der Waals surface area contributed by atoms with Gasteiger partial charge >= 0.3 is 0 Å². The molecule has 1 aromatic carbocycles. The van der Waals surface area contributed by atoms with Crippen molar-refractivity contribution in [2.75, 3.05) is 6.61 Å². The van der Waals surface area contributed by atoms with Gasteiger partial charge in [0.05, 0.1) is 4.47 Å². The first-order valence-corrected chi connectivity index (χ1v) is 6.60. The van der Waals surface area contributed by atoms with Gasteiger partial charge in [-0.3, -0.25) is 4.79 Å². The van der Waals surface area contributed by atoms with Crippen molar-refractivity contribution in [1.29, 1.82) is 0 Å². The van der Waals surface area contributed by atoms with Gasteiger partial charge < -0.3 is 4.74 Å². The molecule has 92 valence electrons. The SMILES string of the molecule is CCC=NNC(=O)COc1ccc(Br)cc1Br. The quantitative estimate of drug-likeness (QED) is 0.645. The van der Waals surface area contributed by atoms with Gasteiger partial charge in [-0.05, 0) is 40.5 Å². The summed E-state index contributed by atoms with van der Waals surface area (Å²) in [6, 6.07) is 5.46. The zero-order valence-corrected chi connectivity index (χ0v) is 12.4. The predicted molar refractivity (Wildman–Crippen MR) is 74.3 cm³/mol. The van der Waals surface area contributed by atoms with E-state index >= 15 is 0 Å². The minimum atomic E-state index is -0.287. The molecule has 17 heavy (non-hydrogen) atoms. The fourth-order valence-electron chi connectivity index (χ4n) is 0.977. The Kier molecular flexibility index (Phi) is 6.21. The molecule has 0 aromatic heterocycles. The molecule has 0 aliphatic carbocycles. The molecular weight excluding hydrogens is 352 g/mol. The van der Waals surface area contributed by atoms with E-state index < -0.39 is 0 Å². The number of hydrogen-bond acceptors (Lipinski definition) is 3. The topological polar surface area (TPSA) is 50.7 Å². The van der Waals surface area contributed by atoms with Crippen LogP contribution in [0.5, 0.6) is 5.75 Å². The number of ether oxygens (including phenoxy) is 1. The number of amides is 1. The van der Waals surface area contributed by atoms with Crippen LogP contribution in [-0.4, -0.2) is 18.7 Å². The van der Waals surface area contributed by atoms with Crippen molar-refractivity contribution in [2.45, 2.75) is 13.3 Å². The first kappa shape index (κ1) is 14.2. The van der Waals surface area contributed by atoms with Crippen molar-refractivity contribution in [2.24, 2.45) is 5.10 Å². The lowest BCUT2D eigenvalue weighted by Crippen LogP contribution is -2.24. The summed E-state index contributed by atoms with van der Waals surface area (Å²) in [5, 5.41) is 3.71. The van der Waals surface area contributed by atoms with Gasteiger partial charge in [-0.1, -0.05) is 22.9 Å². The fourth-order valence-corrected chi connectivity index (χ4v) is 2.14. The highest BCUT2D eigenvalue weighted by atomic mass is 79.9. The highest BCUT2D eigenvalue weighted by Gasteiger charge is 2.05. The molecule has 0 saturated heterocycles. The molecule has 1 aromatic rings. The standard InChI is InChI=1S/C11H12Br2N2O2/c1-2-5-14-15-11(16)7-17-10-4-3-8(12)6-9(10)13/h3-6H,2,7H2,1H3,(H,15,16). The molecule has 0 fully saturated rings. The minimum Gasteiger partial charge on any atom is -0.483 e. The van der Waals surface area contributed by atoms with Gasteiger partial charge in [0.25, 0.3) is 5.91 Å². The van der Waals surface area contributed by atoms with E-state index in [0.717, 1.165) is 15.4 Å². The number of hydrogen-bond donors (Lipinski definition) is 1. The van der Waals surface area contributed by atoms with Crippen molar-refractivity contribution < 1.29 is 9.53 Å².